The fourth-order valence-corrected chi connectivity index (χ4v) is 2.78. The molecule has 2 heterocycles. The zero-order valence-corrected chi connectivity index (χ0v) is 10.3. The van der Waals surface area contributed by atoms with E-state index in [0.717, 1.165) is 0 Å². The van der Waals surface area contributed by atoms with Crippen molar-refractivity contribution in [2.24, 2.45) is 0 Å². The molecule has 2 atom stereocenters. The molecular formula is C11H14F3NO4. The van der Waals surface area contributed by atoms with Crippen molar-refractivity contribution in [1.82, 2.24) is 4.90 Å². The van der Waals surface area contributed by atoms with Gasteiger partial charge in [-0.1, -0.05) is 0 Å². The van der Waals surface area contributed by atoms with Gasteiger partial charge in [-0.05, 0) is 13.3 Å². The van der Waals surface area contributed by atoms with E-state index in [4.69, 9.17) is 4.74 Å². The first kappa shape index (κ1) is 14.1. The van der Waals surface area contributed by atoms with Crippen molar-refractivity contribution in [3.05, 3.63) is 0 Å². The van der Waals surface area contributed by atoms with E-state index in [9.17, 15) is 22.8 Å². The number of alkyl halides is 3. The van der Waals surface area contributed by atoms with Crippen LogP contribution in [0.5, 0.6) is 0 Å². The molecule has 0 radical (unpaired) electrons. The number of esters is 1. The Morgan fingerprint density at radius 1 is 1.53 bits per heavy atom. The van der Waals surface area contributed by atoms with Crippen molar-refractivity contribution in [2.45, 2.75) is 44.2 Å². The average molecular weight is 281 g/mol. The van der Waals surface area contributed by atoms with Crippen LogP contribution in [0.2, 0.25) is 0 Å². The van der Waals surface area contributed by atoms with Gasteiger partial charge >= 0.3 is 12.3 Å². The molecule has 0 aromatic carbocycles. The summed E-state index contributed by atoms with van der Waals surface area (Å²) in [5.74, 6) is -0.976. The molecule has 0 aromatic rings. The third-order valence-corrected chi connectivity index (χ3v) is 3.48. The molecule has 0 aliphatic carbocycles. The van der Waals surface area contributed by atoms with Crippen LogP contribution in [0.3, 0.4) is 0 Å². The zero-order chi connectivity index (χ0) is 14.3. The number of carbonyl (C=O) groups excluding carboxylic acids is 2. The Morgan fingerprint density at radius 2 is 2.21 bits per heavy atom. The molecule has 8 heteroatoms. The van der Waals surface area contributed by atoms with Gasteiger partial charge in [0.25, 0.3) is 0 Å². The Balaban J connectivity index is 2.16. The summed E-state index contributed by atoms with van der Waals surface area (Å²) in [6.07, 6.45) is -5.82. The van der Waals surface area contributed by atoms with E-state index < -0.39 is 24.0 Å². The quantitative estimate of drug-likeness (QED) is 0.730. The van der Waals surface area contributed by atoms with Crippen LogP contribution in [0, 0.1) is 0 Å². The highest BCUT2D eigenvalue weighted by Crippen LogP contribution is 2.42. The van der Waals surface area contributed by atoms with Crippen LogP contribution in [0.4, 0.5) is 13.2 Å². The highest BCUT2D eigenvalue weighted by molar-refractivity contribution is 5.92. The number of fused-ring (bicyclic) bond motifs is 1. The maximum atomic E-state index is 12.2. The molecule has 2 fully saturated rings. The molecule has 0 bridgehead atoms. The van der Waals surface area contributed by atoms with Gasteiger partial charge in [-0.15, -0.1) is 13.2 Å². The molecule has 0 N–H and O–H groups in total. The van der Waals surface area contributed by atoms with Gasteiger partial charge in [0, 0.05) is 19.4 Å². The van der Waals surface area contributed by atoms with E-state index in [-0.39, 0.29) is 38.3 Å². The third kappa shape index (κ3) is 2.54. The first-order chi connectivity index (χ1) is 8.78. The maximum Gasteiger partial charge on any atom is 0.522 e. The van der Waals surface area contributed by atoms with Gasteiger partial charge in [0.05, 0.1) is 12.7 Å². The summed E-state index contributed by atoms with van der Waals surface area (Å²) in [5.41, 5.74) is -1.27. The Morgan fingerprint density at radius 3 is 2.79 bits per heavy atom. The Labute approximate surface area is 107 Å². The number of hydrogen-bond acceptors (Lipinski definition) is 4. The fraction of sp³-hybridized carbons (Fsp3) is 0.818. The third-order valence-electron chi connectivity index (χ3n) is 3.48. The lowest BCUT2D eigenvalue weighted by Crippen LogP contribution is -2.48. The van der Waals surface area contributed by atoms with Gasteiger partial charge in [-0.2, -0.15) is 0 Å². The van der Waals surface area contributed by atoms with Crippen molar-refractivity contribution < 1.29 is 32.2 Å². The fourth-order valence-electron chi connectivity index (χ4n) is 2.78. The highest BCUT2D eigenvalue weighted by Gasteiger charge is 2.59. The van der Waals surface area contributed by atoms with E-state index in [2.05, 4.69) is 4.74 Å². The number of carbonyl (C=O) groups is 2. The Bertz CT molecular complexity index is 398. The molecule has 2 saturated heterocycles. The minimum absolute atomic E-state index is 0.118. The monoisotopic (exact) mass is 281 g/mol. The molecule has 108 valence electrons. The Kier molecular flexibility index (Phi) is 3.46. The molecule has 2 aliphatic heterocycles. The Hall–Kier alpha value is -1.31. The van der Waals surface area contributed by atoms with E-state index in [1.54, 1.807) is 6.92 Å². The van der Waals surface area contributed by atoms with E-state index in [1.165, 1.54) is 4.90 Å². The molecule has 19 heavy (non-hydrogen) atoms. The van der Waals surface area contributed by atoms with E-state index in [0.29, 0.717) is 0 Å². The second-order valence-corrected chi connectivity index (χ2v) is 4.65. The average Bonchev–Trinajstić information content (AvgIpc) is 2.76. The lowest BCUT2D eigenvalue weighted by Gasteiger charge is -2.28. The zero-order valence-electron chi connectivity index (χ0n) is 10.3. The minimum atomic E-state index is -4.77. The van der Waals surface area contributed by atoms with Gasteiger partial charge in [0.2, 0.25) is 5.91 Å². The van der Waals surface area contributed by atoms with Crippen LogP contribution >= 0.6 is 0 Å². The predicted octanol–water partition coefficient (Wildman–Crippen LogP) is 1.22. The largest absolute Gasteiger partial charge is 0.522 e. The van der Waals surface area contributed by atoms with Gasteiger partial charge in [0.1, 0.15) is 5.54 Å². The van der Waals surface area contributed by atoms with Gasteiger partial charge < -0.3 is 9.64 Å². The van der Waals surface area contributed by atoms with Crippen LogP contribution in [0.1, 0.15) is 26.2 Å². The van der Waals surface area contributed by atoms with Crippen molar-refractivity contribution in [1.29, 1.82) is 0 Å². The van der Waals surface area contributed by atoms with Crippen molar-refractivity contribution in [2.75, 3.05) is 13.2 Å². The van der Waals surface area contributed by atoms with Crippen LogP contribution in [-0.4, -0.2) is 47.9 Å². The predicted molar refractivity (Wildman–Crippen MR) is 55.9 cm³/mol. The number of halogens is 3. The number of amides is 1. The molecule has 1 unspecified atom stereocenters. The number of ether oxygens (including phenoxy) is 2. The normalized spacial score (nSPS) is 30.6. The summed E-state index contributed by atoms with van der Waals surface area (Å²) >= 11 is 0. The van der Waals surface area contributed by atoms with Crippen LogP contribution < -0.4 is 0 Å². The second-order valence-electron chi connectivity index (χ2n) is 4.65. The van der Waals surface area contributed by atoms with Crippen molar-refractivity contribution >= 4 is 11.9 Å². The van der Waals surface area contributed by atoms with Crippen molar-refractivity contribution in [3.8, 4) is 0 Å². The summed E-state index contributed by atoms with van der Waals surface area (Å²) in [6.45, 7) is 1.50. The number of nitrogens with zero attached hydrogens (tertiary/aromatic N) is 1. The minimum Gasteiger partial charge on any atom is -0.464 e. The smallest absolute Gasteiger partial charge is 0.464 e. The van der Waals surface area contributed by atoms with E-state index >= 15 is 0 Å². The van der Waals surface area contributed by atoms with Crippen LogP contribution in [0.15, 0.2) is 0 Å². The van der Waals surface area contributed by atoms with Crippen LogP contribution in [-0.2, 0) is 19.1 Å². The summed E-state index contributed by atoms with van der Waals surface area (Å²) in [5, 5.41) is 0. The molecule has 0 aromatic heterocycles. The van der Waals surface area contributed by atoms with Crippen molar-refractivity contribution in [3.63, 3.8) is 0 Å². The molecule has 2 aliphatic rings. The SMILES string of the molecule is CCOC(=O)[C@]12CCC(=O)N1CC(OC(F)(F)F)C2. The lowest BCUT2D eigenvalue weighted by atomic mass is 9.93. The van der Waals surface area contributed by atoms with Gasteiger partial charge in [0.15, 0.2) is 0 Å². The highest BCUT2D eigenvalue weighted by atomic mass is 19.4. The second kappa shape index (κ2) is 4.66. The van der Waals surface area contributed by atoms with E-state index in [1.807, 2.05) is 0 Å². The molecule has 0 spiro atoms. The molecular weight excluding hydrogens is 267 g/mol. The lowest BCUT2D eigenvalue weighted by molar-refractivity contribution is -0.340. The maximum absolute atomic E-state index is 12.2. The molecule has 1 amide bonds. The number of hydrogen-bond donors (Lipinski definition) is 0. The first-order valence-corrected chi connectivity index (χ1v) is 6.01. The molecule has 0 saturated carbocycles. The molecule has 2 rings (SSSR count). The summed E-state index contributed by atoms with van der Waals surface area (Å²) in [7, 11) is 0. The standard InChI is InChI=1S/C11H14F3NO4/c1-2-18-9(17)10-4-3-8(16)15(10)6-7(5-10)19-11(12,13)14/h7H,2-6H2,1H3/t7?,10-/m1/s1. The summed E-state index contributed by atoms with van der Waals surface area (Å²) in [4.78, 5) is 24.8. The van der Waals surface area contributed by atoms with Gasteiger partial charge in [-0.25, -0.2) is 4.79 Å². The summed E-state index contributed by atoms with van der Waals surface area (Å²) in [6, 6.07) is 0. The van der Waals surface area contributed by atoms with Gasteiger partial charge in [-0.3, -0.25) is 9.53 Å². The summed E-state index contributed by atoms with van der Waals surface area (Å²) < 4.78 is 45.5. The number of rotatable bonds is 3. The van der Waals surface area contributed by atoms with Crippen LogP contribution in [0.25, 0.3) is 0 Å². The topological polar surface area (TPSA) is 55.8 Å². The molecule has 5 nitrogen and oxygen atoms in total. The first-order valence-electron chi connectivity index (χ1n) is 6.01.